The first-order valence-electron chi connectivity index (χ1n) is 6.20. The number of nitrogens with zero attached hydrogens (tertiary/aromatic N) is 2. The molecule has 0 aliphatic carbocycles. The number of aryl methyl sites for hydroxylation is 1. The Kier molecular flexibility index (Phi) is 2.49. The van der Waals surface area contributed by atoms with Crippen molar-refractivity contribution in [2.75, 3.05) is 13.1 Å². The fourth-order valence-corrected chi connectivity index (χ4v) is 2.87. The quantitative estimate of drug-likeness (QED) is 0.756. The third kappa shape index (κ3) is 1.69. The molecule has 82 valence electrons. The third-order valence-corrected chi connectivity index (χ3v) is 3.72. The molecule has 2 aliphatic heterocycles. The van der Waals surface area contributed by atoms with E-state index < -0.39 is 0 Å². The summed E-state index contributed by atoms with van der Waals surface area (Å²) < 4.78 is 2.47. The second-order valence-electron chi connectivity index (χ2n) is 4.75. The molecule has 3 heterocycles. The lowest BCUT2D eigenvalue weighted by molar-refractivity contribution is 0.424. The van der Waals surface area contributed by atoms with E-state index in [4.69, 9.17) is 0 Å². The zero-order chi connectivity index (χ0) is 10.1. The van der Waals surface area contributed by atoms with E-state index in [2.05, 4.69) is 21.1 Å². The average molecular weight is 205 g/mol. The Balaban J connectivity index is 1.87. The van der Waals surface area contributed by atoms with Gasteiger partial charge < -0.3 is 9.88 Å². The Bertz CT molecular complexity index is 337. The van der Waals surface area contributed by atoms with Gasteiger partial charge in [-0.05, 0) is 32.2 Å². The Hall–Kier alpha value is -0.830. The monoisotopic (exact) mass is 205 g/mol. The first-order chi connectivity index (χ1) is 7.45. The fraction of sp³-hybridized carbons (Fsp3) is 0.750. The van der Waals surface area contributed by atoms with Crippen LogP contribution in [0.1, 0.15) is 43.1 Å². The lowest BCUT2D eigenvalue weighted by Crippen LogP contribution is -2.30. The van der Waals surface area contributed by atoms with Gasteiger partial charge in [-0.15, -0.1) is 0 Å². The van der Waals surface area contributed by atoms with Gasteiger partial charge in [-0.3, -0.25) is 0 Å². The number of nitrogens with one attached hydrogen (secondary N) is 1. The molecule has 1 aromatic rings. The minimum atomic E-state index is 0.707. The normalized spacial score (nSPS) is 26.3. The molecular formula is C12H19N3. The largest absolute Gasteiger partial charge is 0.332 e. The Morgan fingerprint density at radius 1 is 1.33 bits per heavy atom. The predicted molar refractivity (Wildman–Crippen MR) is 60.0 cm³/mol. The van der Waals surface area contributed by atoms with Crippen LogP contribution in [0.4, 0.5) is 0 Å². The molecular weight excluding hydrogens is 186 g/mol. The predicted octanol–water partition coefficient (Wildman–Crippen LogP) is 1.69. The van der Waals surface area contributed by atoms with Crippen LogP contribution < -0.4 is 5.32 Å². The van der Waals surface area contributed by atoms with Crippen molar-refractivity contribution < 1.29 is 0 Å². The van der Waals surface area contributed by atoms with E-state index in [-0.39, 0.29) is 0 Å². The van der Waals surface area contributed by atoms with Crippen molar-refractivity contribution in [1.29, 1.82) is 0 Å². The van der Waals surface area contributed by atoms with Gasteiger partial charge in [0.05, 0.1) is 0 Å². The van der Waals surface area contributed by atoms with Crippen LogP contribution in [-0.4, -0.2) is 22.6 Å². The lowest BCUT2D eigenvalue weighted by Gasteiger charge is -2.25. The summed E-state index contributed by atoms with van der Waals surface area (Å²) in [4.78, 5) is 4.57. The van der Waals surface area contributed by atoms with Crippen LogP contribution >= 0.6 is 0 Å². The summed E-state index contributed by atoms with van der Waals surface area (Å²) in [6.45, 7) is 3.53. The second-order valence-corrected chi connectivity index (χ2v) is 4.75. The van der Waals surface area contributed by atoms with Crippen molar-refractivity contribution in [2.45, 2.75) is 44.6 Å². The Morgan fingerprint density at radius 2 is 2.33 bits per heavy atom. The van der Waals surface area contributed by atoms with E-state index in [1.54, 1.807) is 0 Å². The van der Waals surface area contributed by atoms with Crippen LogP contribution in [0.25, 0.3) is 0 Å². The summed E-state index contributed by atoms with van der Waals surface area (Å²) in [6.07, 6.45) is 8.59. The van der Waals surface area contributed by atoms with Gasteiger partial charge in [-0.1, -0.05) is 0 Å². The number of hydrogen-bond acceptors (Lipinski definition) is 2. The highest BCUT2D eigenvalue weighted by molar-refractivity contribution is 5.14. The van der Waals surface area contributed by atoms with Crippen LogP contribution in [0, 0.1) is 0 Å². The second kappa shape index (κ2) is 3.97. The fourth-order valence-electron chi connectivity index (χ4n) is 2.87. The van der Waals surface area contributed by atoms with Crippen LogP contribution in [-0.2, 0) is 13.0 Å². The van der Waals surface area contributed by atoms with Gasteiger partial charge in [-0.25, -0.2) is 4.98 Å². The molecule has 15 heavy (non-hydrogen) atoms. The molecule has 1 unspecified atom stereocenters. The highest BCUT2D eigenvalue weighted by atomic mass is 15.1. The summed E-state index contributed by atoms with van der Waals surface area (Å²) in [5, 5.41) is 3.49. The number of rotatable bonds is 1. The van der Waals surface area contributed by atoms with Gasteiger partial charge in [-0.2, -0.15) is 0 Å². The summed E-state index contributed by atoms with van der Waals surface area (Å²) in [7, 11) is 0. The van der Waals surface area contributed by atoms with E-state index >= 15 is 0 Å². The summed E-state index contributed by atoms with van der Waals surface area (Å²) in [5.74, 6) is 2.03. The van der Waals surface area contributed by atoms with E-state index in [0.29, 0.717) is 5.92 Å². The number of imidazole rings is 1. The topological polar surface area (TPSA) is 29.9 Å². The maximum absolute atomic E-state index is 4.57. The average Bonchev–Trinajstić information content (AvgIpc) is 2.74. The Labute approximate surface area is 90.9 Å². The number of piperidine rings is 1. The van der Waals surface area contributed by atoms with Crippen LogP contribution in [0.5, 0.6) is 0 Å². The van der Waals surface area contributed by atoms with E-state index in [1.165, 1.54) is 56.7 Å². The molecule has 0 bridgehead atoms. The molecule has 3 rings (SSSR count). The molecule has 1 atom stereocenters. The molecule has 1 fully saturated rings. The van der Waals surface area contributed by atoms with Crippen molar-refractivity contribution in [3.63, 3.8) is 0 Å². The van der Waals surface area contributed by atoms with Gasteiger partial charge in [0, 0.05) is 37.3 Å². The summed E-state index contributed by atoms with van der Waals surface area (Å²) in [6, 6.07) is 0. The van der Waals surface area contributed by atoms with Gasteiger partial charge in [0.2, 0.25) is 0 Å². The van der Waals surface area contributed by atoms with Crippen molar-refractivity contribution in [1.82, 2.24) is 14.9 Å². The highest BCUT2D eigenvalue weighted by Gasteiger charge is 2.22. The molecule has 0 radical (unpaired) electrons. The third-order valence-electron chi connectivity index (χ3n) is 3.72. The van der Waals surface area contributed by atoms with E-state index in [9.17, 15) is 0 Å². The maximum Gasteiger partial charge on any atom is 0.108 e. The zero-order valence-corrected chi connectivity index (χ0v) is 9.21. The van der Waals surface area contributed by atoms with Crippen molar-refractivity contribution >= 4 is 0 Å². The summed E-state index contributed by atoms with van der Waals surface area (Å²) in [5.41, 5.74) is 1.48. The maximum atomic E-state index is 4.57. The molecule has 1 saturated heterocycles. The molecule has 0 spiro atoms. The summed E-state index contributed by atoms with van der Waals surface area (Å²) >= 11 is 0. The van der Waals surface area contributed by atoms with Gasteiger partial charge in [0.1, 0.15) is 5.82 Å². The van der Waals surface area contributed by atoms with Crippen LogP contribution in [0.15, 0.2) is 6.20 Å². The van der Waals surface area contributed by atoms with Crippen molar-refractivity contribution in [2.24, 2.45) is 0 Å². The molecule has 1 aromatic heterocycles. The molecule has 0 saturated carbocycles. The SMILES string of the molecule is c1nc2n(c1C1CCCNC1)CCCC2. The van der Waals surface area contributed by atoms with Crippen LogP contribution in [0.3, 0.4) is 0 Å². The highest BCUT2D eigenvalue weighted by Crippen LogP contribution is 2.26. The zero-order valence-electron chi connectivity index (χ0n) is 9.21. The van der Waals surface area contributed by atoms with Crippen LogP contribution in [0.2, 0.25) is 0 Å². The molecule has 3 nitrogen and oxygen atoms in total. The molecule has 0 amide bonds. The lowest BCUT2D eigenvalue weighted by atomic mass is 9.96. The van der Waals surface area contributed by atoms with E-state index in [1.807, 2.05) is 0 Å². The standard InChI is InChI=1S/C12H19N3/c1-2-7-15-11(9-14-12(15)5-1)10-4-3-6-13-8-10/h9-10,13H,1-8H2. The van der Waals surface area contributed by atoms with Gasteiger partial charge in [0.25, 0.3) is 0 Å². The van der Waals surface area contributed by atoms with Gasteiger partial charge in [0.15, 0.2) is 0 Å². The molecule has 2 aliphatic rings. The van der Waals surface area contributed by atoms with Crippen molar-refractivity contribution in [3.05, 3.63) is 17.7 Å². The Morgan fingerprint density at radius 3 is 3.20 bits per heavy atom. The molecule has 3 heteroatoms. The minimum absolute atomic E-state index is 0.707. The number of fused-ring (bicyclic) bond motifs is 1. The minimum Gasteiger partial charge on any atom is -0.332 e. The first kappa shape index (κ1) is 9.40. The smallest absolute Gasteiger partial charge is 0.108 e. The van der Waals surface area contributed by atoms with Gasteiger partial charge >= 0.3 is 0 Å². The number of aromatic nitrogens is 2. The number of hydrogen-bond donors (Lipinski definition) is 1. The first-order valence-corrected chi connectivity index (χ1v) is 6.20. The molecule has 1 N–H and O–H groups in total. The van der Waals surface area contributed by atoms with E-state index in [0.717, 1.165) is 6.54 Å². The van der Waals surface area contributed by atoms with Crippen molar-refractivity contribution in [3.8, 4) is 0 Å². The molecule has 0 aromatic carbocycles.